The van der Waals surface area contributed by atoms with Crippen LogP contribution in [0.3, 0.4) is 0 Å². The molecule has 0 bridgehead atoms. The standard InChI is InChI=1S/C40H48F4N6O6S/c1-24(2)22-50-32-14-10-9-12-30(32)46-37(50)56-29-20-33-34(51)47-39(36(53)48-57(54,55)38(3)15-16-38)21-25(39)11-7-5-4-6-8-13-31(35(52)49(33)23-29)45-28-18-26(40(42,43)44)17-27(41)19-28/h7,9-12,14,17-19,24-25,29,31,33,45H,4-6,8,13,15-16,20-23H2,1-3H3,(H,47,51)(H,48,53)/t25-,29-,31+,33+,39-/m1/s1. The van der Waals surface area contributed by atoms with Gasteiger partial charge in [-0.1, -0.05) is 51.0 Å². The second kappa shape index (κ2) is 15.3. The third kappa shape index (κ3) is 8.49. The molecule has 2 aromatic carbocycles. The number of rotatable bonds is 9. The second-order valence-electron chi connectivity index (χ2n) is 16.5. The maximum atomic E-state index is 14.7. The number of sulfonamides is 1. The van der Waals surface area contributed by atoms with E-state index in [1.165, 1.54) is 4.90 Å². The van der Waals surface area contributed by atoms with Crippen molar-refractivity contribution >= 4 is 44.5 Å². The number of ether oxygens (including phenoxy) is 1. The predicted octanol–water partition coefficient (Wildman–Crippen LogP) is 6.07. The number of allylic oxidation sites excluding steroid dienone is 1. The van der Waals surface area contributed by atoms with Crippen molar-refractivity contribution in [3.05, 3.63) is 66.0 Å². The number of benzene rings is 2. The van der Waals surface area contributed by atoms with Crippen LogP contribution in [0.4, 0.5) is 23.2 Å². The number of halogens is 4. The van der Waals surface area contributed by atoms with E-state index in [1.807, 2.05) is 48.8 Å². The van der Waals surface area contributed by atoms with Crippen LogP contribution in [0.5, 0.6) is 6.01 Å². The van der Waals surface area contributed by atoms with E-state index in [1.54, 1.807) is 13.0 Å². The molecule has 2 saturated carbocycles. The summed E-state index contributed by atoms with van der Waals surface area (Å²) in [6.45, 7) is 6.07. The summed E-state index contributed by atoms with van der Waals surface area (Å²) < 4.78 is 91.5. The van der Waals surface area contributed by atoms with E-state index in [2.05, 4.69) is 15.4 Å². The smallest absolute Gasteiger partial charge is 0.416 e. The van der Waals surface area contributed by atoms with Crippen LogP contribution in [-0.4, -0.2) is 75.6 Å². The van der Waals surface area contributed by atoms with E-state index in [-0.39, 0.29) is 43.4 Å². The van der Waals surface area contributed by atoms with Crippen LogP contribution in [0.2, 0.25) is 0 Å². The third-order valence-corrected chi connectivity index (χ3v) is 13.6. The number of nitrogens with one attached hydrogen (secondary N) is 3. The summed E-state index contributed by atoms with van der Waals surface area (Å²) in [4.78, 5) is 49.0. The van der Waals surface area contributed by atoms with Gasteiger partial charge in [-0.05, 0) is 81.7 Å². The number of amides is 3. The molecule has 2 aliphatic carbocycles. The lowest BCUT2D eigenvalue weighted by molar-refractivity contribution is -0.140. The van der Waals surface area contributed by atoms with Gasteiger partial charge in [-0.2, -0.15) is 18.2 Å². The molecule has 3 aromatic rings. The van der Waals surface area contributed by atoms with Crippen LogP contribution >= 0.6 is 0 Å². The largest absolute Gasteiger partial charge is 0.459 e. The van der Waals surface area contributed by atoms with Gasteiger partial charge >= 0.3 is 6.18 Å². The molecule has 3 fully saturated rings. The Bertz CT molecular complexity index is 2190. The normalized spacial score (nSPS) is 26.6. The van der Waals surface area contributed by atoms with Gasteiger partial charge in [-0.3, -0.25) is 23.7 Å². The molecule has 0 spiro atoms. The number of nitrogens with zero attached hydrogens (tertiary/aromatic N) is 3. The number of hydrogen-bond donors (Lipinski definition) is 3. The minimum atomic E-state index is -4.84. The van der Waals surface area contributed by atoms with Gasteiger partial charge in [0.05, 0.1) is 27.9 Å². The van der Waals surface area contributed by atoms with Crippen molar-refractivity contribution in [1.29, 1.82) is 0 Å². The van der Waals surface area contributed by atoms with E-state index >= 15 is 0 Å². The molecule has 308 valence electrons. The maximum absolute atomic E-state index is 14.7. The first-order valence-corrected chi connectivity index (χ1v) is 21.0. The Kier molecular flexibility index (Phi) is 10.8. The zero-order valence-electron chi connectivity index (χ0n) is 32.1. The van der Waals surface area contributed by atoms with Crippen LogP contribution < -0.4 is 20.1 Å². The number of imidazole rings is 1. The maximum Gasteiger partial charge on any atom is 0.416 e. The van der Waals surface area contributed by atoms with Gasteiger partial charge in [0.15, 0.2) is 0 Å². The first-order valence-electron chi connectivity index (χ1n) is 19.5. The summed E-state index contributed by atoms with van der Waals surface area (Å²) in [5.41, 5.74) is -1.56. The van der Waals surface area contributed by atoms with Crippen molar-refractivity contribution in [2.75, 3.05) is 11.9 Å². The first kappa shape index (κ1) is 40.5. The van der Waals surface area contributed by atoms with Crippen molar-refractivity contribution in [2.45, 2.75) is 120 Å². The SMILES string of the molecule is CC(C)Cn1c(O[C@@H]2C[C@H]3C(=O)N[C@]4(C(=O)NS(=O)(=O)C5(C)CC5)C[C@H]4C=CCCCCC[C@H](Nc4cc(F)cc(C(F)(F)F)c4)C(=O)N3C2)nc2ccccc21. The Morgan fingerprint density at radius 1 is 1.11 bits per heavy atom. The zero-order chi connectivity index (χ0) is 40.9. The van der Waals surface area contributed by atoms with Gasteiger partial charge in [0.2, 0.25) is 21.8 Å². The fourth-order valence-electron chi connectivity index (χ4n) is 7.82. The van der Waals surface area contributed by atoms with Crippen LogP contribution in [0.1, 0.15) is 84.1 Å². The highest BCUT2D eigenvalue weighted by molar-refractivity contribution is 7.91. The lowest BCUT2D eigenvalue weighted by atomic mass is 10.0. The number of carbonyl (C=O) groups is 3. The average molecular weight is 817 g/mol. The Morgan fingerprint density at radius 2 is 1.86 bits per heavy atom. The highest BCUT2D eigenvalue weighted by Gasteiger charge is 2.63. The topological polar surface area (TPSA) is 152 Å². The first-order chi connectivity index (χ1) is 26.9. The number of aromatic nitrogens is 2. The number of anilines is 1. The molecular formula is C40H48F4N6O6S. The van der Waals surface area contributed by atoms with Crippen molar-refractivity contribution in [3.8, 4) is 6.01 Å². The monoisotopic (exact) mass is 816 g/mol. The highest BCUT2D eigenvalue weighted by atomic mass is 32.2. The summed E-state index contributed by atoms with van der Waals surface area (Å²) in [6, 6.07) is 7.36. The second-order valence-corrected chi connectivity index (χ2v) is 18.7. The molecule has 2 aliphatic heterocycles. The minimum Gasteiger partial charge on any atom is -0.459 e. The fraction of sp³-hybridized carbons (Fsp3) is 0.550. The van der Waals surface area contributed by atoms with E-state index in [0.29, 0.717) is 56.7 Å². The highest BCUT2D eigenvalue weighted by Crippen LogP contribution is 2.47. The van der Waals surface area contributed by atoms with Gasteiger partial charge in [-0.25, -0.2) is 12.8 Å². The summed E-state index contributed by atoms with van der Waals surface area (Å²) in [7, 11) is -4.05. The molecule has 1 aromatic heterocycles. The molecule has 4 aliphatic rings. The summed E-state index contributed by atoms with van der Waals surface area (Å²) in [5.74, 6) is -3.64. The van der Waals surface area contributed by atoms with Crippen molar-refractivity contribution < 1.29 is 45.1 Å². The number of carbonyl (C=O) groups excluding carboxylic acids is 3. The van der Waals surface area contributed by atoms with E-state index in [9.17, 15) is 40.4 Å². The Labute approximate surface area is 328 Å². The Hall–Kier alpha value is -4.67. The molecule has 17 heteroatoms. The number of alkyl halides is 3. The zero-order valence-corrected chi connectivity index (χ0v) is 32.9. The Morgan fingerprint density at radius 3 is 2.58 bits per heavy atom. The lowest BCUT2D eigenvalue weighted by Gasteiger charge is -2.30. The molecule has 7 rings (SSSR count). The summed E-state index contributed by atoms with van der Waals surface area (Å²) in [6.07, 6.45) is 1.50. The number of para-hydroxylation sites is 2. The van der Waals surface area contributed by atoms with Crippen molar-refractivity contribution in [2.24, 2.45) is 11.8 Å². The van der Waals surface area contributed by atoms with E-state index in [0.717, 1.165) is 17.6 Å². The van der Waals surface area contributed by atoms with Crippen molar-refractivity contribution in [3.63, 3.8) is 0 Å². The van der Waals surface area contributed by atoms with Gasteiger partial charge in [0.1, 0.15) is 29.5 Å². The lowest BCUT2D eigenvalue weighted by Crippen LogP contribution is -2.58. The molecule has 3 N–H and O–H groups in total. The van der Waals surface area contributed by atoms with Gasteiger partial charge in [-0.15, -0.1) is 0 Å². The average Bonchev–Trinajstić information content (AvgIpc) is 3.97. The molecule has 12 nitrogen and oxygen atoms in total. The van der Waals surface area contributed by atoms with Gasteiger partial charge in [0, 0.05) is 24.6 Å². The number of hydrogen-bond acceptors (Lipinski definition) is 8. The van der Waals surface area contributed by atoms with Gasteiger partial charge in [0.25, 0.3) is 11.9 Å². The molecule has 0 radical (unpaired) electrons. The molecule has 1 saturated heterocycles. The molecule has 3 amide bonds. The van der Waals surface area contributed by atoms with E-state index < -0.39 is 79.7 Å². The molecule has 0 unspecified atom stereocenters. The fourth-order valence-corrected chi connectivity index (χ4v) is 9.13. The van der Waals surface area contributed by atoms with Crippen LogP contribution in [0.25, 0.3) is 11.0 Å². The predicted molar refractivity (Wildman–Crippen MR) is 204 cm³/mol. The van der Waals surface area contributed by atoms with Crippen LogP contribution in [0.15, 0.2) is 54.6 Å². The molecule has 57 heavy (non-hydrogen) atoms. The third-order valence-electron chi connectivity index (χ3n) is 11.5. The summed E-state index contributed by atoms with van der Waals surface area (Å²) >= 11 is 0. The van der Waals surface area contributed by atoms with Gasteiger partial charge < -0.3 is 20.3 Å². The molecule has 5 atom stereocenters. The molecular weight excluding hydrogens is 769 g/mol. The quantitative estimate of drug-likeness (QED) is 0.174. The number of fused-ring (bicyclic) bond motifs is 3. The van der Waals surface area contributed by atoms with E-state index in [4.69, 9.17) is 9.72 Å². The molecule has 3 heterocycles. The minimum absolute atomic E-state index is 0.0397. The van der Waals surface area contributed by atoms with Crippen LogP contribution in [-0.2, 0) is 37.1 Å². The summed E-state index contributed by atoms with van der Waals surface area (Å²) in [5, 5.41) is 5.67. The Balaban J connectivity index is 1.23. The van der Waals surface area contributed by atoms with Crippen LogP contribution in [0, 0.1) is 17.7 Å². The van der Waals surface area contributed by atoms with Crippen molar-refractivity contribution in [1.82, 2.24) is 24.5 Å².